The Bertz CT molecular complexity index is 565. The molecule has 1 aliphatic rings. The monoisotopic (exact) mass is 262 g/mol. The van der Waals surface area contributed by atoms with Gasteiger partial charge in [0.2, 0.25) is 0 Å². The number of anilines is 1. The van der Waals surface area contributed by atoms with Crippen LogP contribution in [0.1, 0.15) is 25.8 Å². The molecule has 1 aliphatic carbocycles. The summed E-state index contributed by atoms with van der Waals surface area (Å²) in [4.78, 5) is 14.0. The molecule has 2 N–H and O–H groups in total. The van der Waals surface area contributed by atoms with Crippen LogP contribution >= 0.6 is 0 Å². The Morgan fingerprint density at radius 2 is 2.37 bits per heavy atom. The maximum atomic E-state index is 10.6. The molecule has 19 heavy (non-hydrogen) atoms. The molecule has 2 rings (SSSR count). The number of nitrogens with zero attached hydrogens (tertiary/aromatic N) is 3. The highest BCUT2D eigenvalue weighted by Crippen LogP contribution is 2.42. The van der Waals surface area contributed by atoms with E-state index >= 15 is 0 Å². The summed E-state index contributed by atoms with van der Waals surface area (Å²) in [6, 6.07) is 3.07. The molecular formula is C12H14N4O3. The molecule has 7 nitrogen and oxygen atoms in total. The van der Waals surface area contributed by atoms with E-state index in [-0.39, 0.29) is 22.7 Å². The lowest BCUT2D eigenvalue weighted by Crippen LogP contribution is -2.57. The van der Waals surface area contributed by atoms with E-state index in [1.54, 1.807) is 0 Å². The fraction of sp³-hybridized carbons (Fsp3) is 0.500. The normalized spacial score (nSPS) is 24.1. The Balaban J connectivity index is 2.23. The maximum absolute atomic E-state index is 10.6. The zero-order valence-electron chi connectivity index (χ0n) is 10.6. The van der Waals surface area contributed by atoms with Gasteiger partial charge in [-0.15, -0.1) is 0 Å². The maximum Gasteiger partial charge on any atom is 0.289 e. The summed E-state index contributed by atoms with van der Waals surface area (Å²) >= 11 is 0. The van der Waals surface area contributed by atoms with Crippen LogP contribution in [0, 0.1) is 26.9 Å². The van der Waals surface area contributed by atoms with Crippen molar-refractivity contribution in [2.24, 2.45) is 5.41 Å². The first-order chi connectivity index (χ1) is 8.86. The number of nitrogens with one attached hydrogen (secondary N) is 1. The third-order valence-electron chi connectivity index (χ3n) is 3.73. The van der Waals surface area contributed by atoms with Crippen molar-refractivity contribution in [2.45, 2.75) is 32.4 Å². The molecule has 0 amide bonds. The lowest BCUT2D eigenvalue weighted by atomic mass is 9.64. The SMILES string of the molecule is CC1(C)C(O)CC1Nc1ncc([N+](=O)[O-])cc1C#N. The van der Waals surface area contributed by atoms with E-state index in [4.69, 9.17) is 5.26 Å². The van der Waals surface area contributed by atoms with Gasteiger partial charge in [0.05, 0.1) is 11.0 Å². The summed E-state index contributed by atoms with van der Waals surface area (Å²) < 4.78 is 0. The van der Waals surface area contributed by atoms with Gasteiger partial charge in [-0.3, -0.25) is 10.1 Å². The number of hydrogen-bond acceptors (Lipinski definition) is 6. The number of pyridine rings is 1. The number of rotatable bonds is 3. The Hall–Kier alpha value is -2.20. The van der Waals surface area contributed by atoms with Gasteiger partial charge in [0, 0.05) is 17.5 Å². The lowest BCUT2D eigenvalue weighted by Gasteiger charge is -2.49. The standard InChI is InChI=1S/C12H14N4O3/c1-12(2)9(4-10(12)17)15-11-7(5-13)3-8(6-14-11)16(18)19/h3,6,9-10,17H,4H2,1-2H3,(H,14,15). The predicted octanol–water partition coefficient (Wildman–Crippen LogP) is 1.43. The number of aromatic nitrogens is 1. The second-order valence-corrected chi connectivity index (χ2v) is 5.23. The molecule has 0 saturated heterocycles. The van der Waals surface area contributed by atoms with Crippen LogP contribution in [-0.2, 0) is 0 Å². The minimum absolute atomic E-state index is 0.0106. The largest absolute Gasteiger partial charge is 0.392 e. The zero-order chi connectivity index (χ0) is 14.2. The Kier molecular flexibility index (Phi) is 3.12. The van der Waals surface area contributed by atoms with Crippen molar-refractivity contribution < 1.29 is 10.0 Å². The first kappa shape index (κ1) is 13.2. The topological polar surface area (TPSA) is 112 Å². The third-order valence-corrected chi connectivity index (χ3v) is 3.73. The summed E-state index contributed by atoms with van der Waals surface area (Å²) in [5.74, 6) is 0.318. The van der Waals surface area contributed by atoms with Crippen molar-refractivity contribution in [1.82, 2.24) is 4.98 Å². The van der Waals surface area contributed by atoms with Crippen LogP contribution in [-0.4, -0.2) is 27.2 Å². The third kappa shape index (κ3) is 2.22. The van der Waals surface area contributed by atoms with E-state index in [0.29, 0.717) is 12.2 Å². The van der Waals surface area contributed by atoms with Crippen LogP contribution in [0.5, 0.6) is 0 Å². The van der Waals surface area contributed by atoms with Gasteiger partial charge < -0.3 is 10.4 Å². The van der Waals surface area contributed by atoms with E-state index in [1.165, 1.54) is 6.07 Å². The van der Waals surface area contributed by atoms with Gasteiger partial charge in [-0.2, -0.15) is 5.26 Å². The predicted molar refractivity (Wildman–Crippen MR) is 67.4 cm³/mol. The molecule has 1 fully saturated rings. The van der Waals surface area contributed by atoms with Crippen molar-refractivity contribution in [3.8, 4) is 6.07 Å². The van der Waals surface area contributed by atoms with Gasteiger partial charge >= 0.3 is 0 Å². The molecular weight excluding hydrogens is 248 g/mol. The summed E-state index contributed by atoms with van der Waals surface area (Å²) in [5, 5.41) is 32.3. The van der Waals surface area contributed by atoms with E-state index < -0.39 is 11.0 Å². The van der Waals surface area contributed by atoms with Gasteiger partial charge in [0.25, 0.3) is 5.69 Å². The summed E-state index contributed by atoms with van der Waals surface area (Å²) in [6.45, 7) is 3.83. The molecule has 2 atom stereocenters. The molecule has 7 heteroatoms. The smallest absolute Gasteiger partial charge is 0.289 e. The van der Waals surface area contributed by atoms with E-state index in [2.05, 4.69) is 10.3 Å². The highest BCUT2D eigenvalue weighted by Gasteiger charge is 2.47. The van der Waals surface area contributed by atoms with Gasteiger partial charge in [-0.1, -0.05) is 13.8 Å². The van der Waals surface area contributed by atoms with Gasteiger partial charge in [0.15, 0.2) is 0 Å². The Labute approximate surface area is 110 Å². The average molecular weight is 262 g/mol. The first-order valence-corrected chi connectivity index (χ1v) is 5.85. The molecule has 100 valence electrons. The first-order valence-electron chi connectivity index (χ1n) is 5.85. The van der Waals surface area contributed by atoms with Gasteiger partial charge in [-0.05, 0) is 6.42 Å². The molecule has 0 radical (unpaired) electrons. The Morgan fingerprint density at radius 3 is 2.84 bits per heavy atom. The van der Waals surface area contributed by atoms with Crippen LogP contribution in [0.15, 0.2) is 12.3 Å². The van der Waals surface area contributed by atoms with Crippen molar-refractivity contribution in [3.05, 3.63) is 27.9 Å². The fourth-order valence-electron chi connectivity index (χ4n) is 2.07. The van der Waals surface area contributed by atoms with Crippen LogP contribution in [0.2, 0.25) is 0 Å². The van der Waals surface area contributed by atoms with Crippen molar-refractivity contribution in [2.75, 3.05) is 5.32 Å². The summed E-state index contributed by atoms with van der Waals surface area (Å²) in [5.41, 5.74) is -0.391. The van der Waals surface area contributed by atoms with Crippen LogP contribution in [0.25, 0.3) is 0 Å². The number of aliphatic hydroxyl groups excluding tert-OH is 1. The van der Waals surface area contributed by atoms with Gasteiger partial charge in [-0.25, -0.2) is 4.98 Å². The lowest BCUT2D eigenvalue weighted by molar-refractivity contribution is -0.385. The number of nitriles is 1. The highest BCUT2D eigenvalue weighted by atomic mass is 16.6. The van der Waals surface area contributed by atoms with Crippen molar-refractivity contribution >= 4 is 11.5 Å². The molecule has 0 bridgehead atoms. The average Bonchev–Trinajstić information content (AvgIpc) is 2.38. The second kappa shape index (κ2) is 4.48. The molecule has 1 saturated carbocycles. The second-order valence-electron chi connectivity index (χ2n) is 5.23. The number of hydrogen-bond donors (Lipinski definition) is 2. The van der Waals surface area contributed by atoms with Crippen LogP contribution < -0.4 is 5.32 Å². The molecule has 0 aliphatic heterocycles. The van der Waals surface area contributed by atoms with Crippen molar-refractivity contribution in [1.29, 1.82) is 5.26 Å². The highest BCUT2D eigenvalue weighted by molar-refractivity contribution is 5.56. The number of aliphatic hydroxyl groups is 1. The molecule has 0 aromatic carbocycles. The molecule has 1 aromatic heterocycles. The molecule has 2 unspecified atom stereocenters. The quantitative estimate of drug-likeness (QED) is 0.629. The van der Waals surface area contributed by atoms with Crippen LogP contribution in [0.3, 0.4) is 0 Å². The van der Waals surface area contributed by atoms with E-state index in [0.717, 1.165) is 6.20 Å². The van der Waals surface area contributed by atoms with E-state index in [1.807, 2.05) is 19.9 Å². The van der Waals surface area contributed by atoms with Crippen LogP contribution in [0.4, 0.5) is 11.5 Å². The zero-order valence-corrected chi connectivity index (χ0v) is 10.6. The number of nitro groups is 1. The fourth-order valence-corrected chi connectivity index (χ4v) is 2.07. The molecule has 0 spiro atoms. The Morgan fingerprint density at radius 1 is 1.68 bits per heavy atom. The summed E-state index contributed by atoms with van der Waals surface area (Å²) in [6.07, 6.45) is 1.29. The van der Waals surface area contributed by atoms with E-state index in [9.17, 15) is 15.2 Å². The van der Waals surface area contributed by atoms with Crippen molar-refractivity contribution in [3.63, 3.8) is 0 Å². The van der Waals surface area contributed by atoms with Gasteiger partial charge in [0.1, 0.15) is 23.6 Å². The minimum Gasteiger partial charge on any atom is -0.392 e. The molecule has 1 heterocycles. The molecule has 1 aromatic rings. The summed E-state index contributed by atoms with van der Waals surface area (Å²) in [7, 11) is 0. The minimum atomic E-state index is -0.589.